The van der Waals surface area contributed by atoms with Crippen LogP contribution >= 0.6 is 0 Å². The fraction of sp³-hybridized carbons (Fsp3) is 0.0952. The molecule has 2 aromatic carbocycles. The Hall–Kier alpha value is -3.87. The molecule has 0 bridgehead atoms. The highest BCUT2D eigenvalue weighted by atomic mass is 16.5. The molecule has 2 heterocycles. The molecule has 0 atom stereocenters. The SMILES string of the molecule is CCOC(=O)c1cn(Nc2ccccc2)cc2c(=O)n(-c3ccccc3)nc1-2. The number of nitrogens with zero attached hydrogens (tertiary/aromatic N) is 3. The maximum Gasteiger partial charge on any atom is 0.342 e. The molecule has 7 nitrogen and oxygen atoms in total. The Bertz CT molecular complexity index is 1130. The van der Waals surface area contributed by atoms with Crippen molar-refractivity contribution < 1.29 is 9.53 Å². The number of carbonyl (C=O) groups excluding carboxylic acids is 1. The van der Waals surface area contributed by atoms with Crippen LogP contribution in [0.5, 0.6) is 0 Å². The van der Waals surface area contributed by atoms with Crippen LogP contribution in [-0.4, -0.2) is 27.0 Å². The lowest BCUT2D eigenvalue weighted by molar-refractivity contribution is 0.0526. The minimum atomic E-state index is -0.533. The molecule has 0 aromatic heterocycles. The van der Waals surface area contributed by atoms with E-state index in [2.05, 4.69) is 10.5 Å². The summed E-state index contributed by atoms with van der Waals surface area (Å²) in [7, 11) is 0. The van der Waals surface area contributed by atoms with Gasteiger partial charge in [0.1, 0.15) is 11.3 Å². The summed E-state index contributed by atoms with van der Waals surface area (Å²) in [4.78, 5) is 25.5. The van der Waals surface area contributed by atoms with Crippen molar-refractivity contribution in [2.45, 2.75) is 6.92 Å². The van der Waals surface area contributed by atoms with Gasteiger partial charge in [-0.25, -0.2) is 4.79 Å². The monoisotopic (exact) mass is 374 g/mol. The predicted octanol–water partition coefficient (Wildman–Crippen LogP) is 3.19. The van der Waals surface area contributed by atoms with E-state index in [0.29, 0.717) is 16.9 Å². The highest BCUT2D eigenvalue weighted by molar-refractivity contribution is 5.96. The van der Waals surface area contributed by atoms with Gasteiger partial charge in [0.15, 0.2) is 0 Å². The van der Waals surface area contributed by atoms with E-state index in [1.165, 1.54) is 4.68 Å². The van der Waals surface area contributed by atoms with Crippen molar-refractivity contribution in [3.05, 3.63) is 89.0 Å². The number of benzene rings is 2. The second-order valence-corrected chi connectivity index (χ2v) is 6.09. The lowest BCUT2D eigenvalue weighted by Gasteiger charge is -2.14. The van der Waals surface area contributed by atoms with Gasteiger partial charge in [0.05, 0.1) is 23.5 Å². The topological polar surface area (TPSA) is 78.1 Å². The molecule has 2 aromatic rings. The smallest absolute Gasteiger partial charge is 0.342 e. The van der Waals surface area contributed by atoms with Gasteiger partial charge in [-0.3, -0.25) is 14.9 Å². The number of nitrogens with one attached hydrogen (secondary N) is 1. The van der Waals surface area contributed by atoms with Gasteiger partial charge in [0.2, 0.25) is 0 Å². The van der Waals surface area contributed by atoms with Crippen LogP contribution in [0.2, 0.25) is 0 Å². The number of pyridine rings is 1. The maximum absolute atomic E-state index is 13.0. The zero-order valence-corrected chi connectivity index (χ0v) is 15.2. The van der Waals surface area contributed by atoms with Gasteiger partial charge in [0.25, 0.3) is 5.56 Å². The number of aromatic nitrogens is 3. The molecule has 0 amide bonds. The van der Waals surface area contributed by atoms with Gasteiger partial charge in [-0.15, -0.1) is 0 Å². The molecular weight excluding hydrogens is 356 g/mol. The van der Waals surface area contributed by atoms with Gasteiger partial charge in [0, 0.05) is 12.4 Å². The molecular formula is C21H18N4O3. The van der Waals surface area contributed by atoms with Crippen molar-refractivity contribution in [1.29, 1.82) is 0 Å². The number of carbonyl (C=O) groups is 1. The van der Waals surface area contributed by atoms with Crippen LogP contribution < -0.4 is 11.0 Å². The zero-order valence-electron chi connectivity index (χ0n) is 15.2. The van der Waals surface area contributed by atoms with E-state index in [1.54, 1.807) is 36.1 Å². The summed E-state index contributed by atoms with van der Waals surface area (Å²) in [5.41, 5.74) is 5.11. The van der Waals surface area contributed by atoms with Crippen LogP contribution in [0.3, 0.4) is 0 Å². The molecule has 4 rings (SSSR count). The second kappa shape index (κ2) is 7.40. The minimum absolute atomic E-state index is 0.217. The van der Waals surface area contributed by atoms with E-state index in [0.717, 1.165) is 5.69 Å². The van der Waals surface area contributed by atoms with Crippen LogP contribution in [0.1, 0.15) is 17.3 Å². The van der Waals surface area contributed by atoms with Crippen molar-refractivity contribution >= 4 is 11.7 Å². The number of rotatable bonds is 5. The van der Waals surface area contributed by atoms with Gasteiger partial charge in [-0.05, 0) is 31.2 Å². The predicted molar refractivity (Wildman–Crippen MR) is 106 cm³/mol. The number of hydrogen-bond donors (Lipinski definition) is 1. The van der Waals surface area contributed by atoms with Crippen molar-refractivity contribution in [2.75, 3.05) is 12.0 Å². The molecule has 0 fully saturated rings. The third kappa shape index (κ3) is 3.25. The summed E-state index contributed by atoms with van der Waals surface area (Å²) in [5, 5.41) is 4.40. The lowest BCUT2D eigenvalue weighted by atomic mass is 10.1. The first-order chi connectivity index (χ1) is 13.7. The molecule has 0 unspecified atom stereocenters. The fourth-order valence-corrected chi connectivity index (χ4v) is 2.94. The van der Waals surface area contributed by atoms with Gasteiger partial charge < -0.3 is 4.74 Å². The molecule has 0 spiro atoms. The second-order valence-electron chi connectivity index (χ2n) is 6.09. The summed E-state index contributed by atoms with van der Waals surface area (Å²) in [6, 6.07) is 18.5. The van der Waals surface area contributed by atoms with E-state index < -0.39 is 5.97 Å². The first kappa shape index (κ1) is 17.5. The van der Waals surface area contributed by atoms with Crippen LogP contribution in [-0.2, 0) is 4.74 Å². The summed E-state index contributed by atoms with van der Waals surface area (Å²) in [5.74, 6) is -0.533. The average Bonchev–Trinajstić information content (AvgIpc) is 3.06. The van der Waals surface area contributed by atoms with Crippen molar-refractivity contribution in [1.82, 2.24) is 14.5 Å². The molecule has 0 saturated carbocycles. The largest absolute Gasteiger partial charge is 0.462 e. The molecule has 0 saturated heterocycles. The Morgan fingerprint density at radius 2 is 1.71 bits per heavy atom. The Balaban J connectivity index is 1.88. The molecule has 2 aliphatic rings. The third-order valence-electron chi connectivity index (χ3n) is 4.20. The Kier molecular flexibility index (Phi) is 4.63. The van der Waals surface area contributed by atoms with Crippen molar-refractivity contribution in [3.63, 3.8) is 0 Å². The fourth-order valence-electron chi connectivity index (χ4n) is 2.94. The van der Waals surface area contributed by atoms with Gasteiger partial charge in [-0.1, -0.05) is 36.4 Å². The molecule has 7 heteroatoms. The third-order valence-corrected chi connectivity index (χ3v) is 4.20. The zero-order chi connectivity index (χ0) is 19.5. The highest BCUT2D eigenvalue weighted by Crippen LogP contribution is 2.23. The standard InChI is InChI=1S/C21H18N4O3/c1-2-28-21(27)18-14-24(22-15-9-5-3-6-10-15)13-17-19(18)23-25(20(17)26)16-11-7-4-8-12-16/h3-14,22H,2H2,1H3. The molecule has 2 aliphatic heterocycles. The van der Waals surface area contributed by atoms with E-state index in [9.17, 15) is 9.59 Å². The van der Waals surface area contributed by atoms with Gasteiger partial charge in [-0.2, -0.15) is 9.78 Å². The first-order valence-electron chi connectivity index (χ1n) is 8.87. The van der Waals surface area contributed by atoms with E-state index in [4.69, 9.17) is 4.74 Å². The number of esters is 1. The number of ether oxygens (including phenoxy) is 1. The van der Waals surface area contributed by atoms with Crippen LogP contribution in [0, 0.1) is 0 Å². The maximum atomic E-state index is 13.0. The van der Waals surface area contributed by atoms with Crippen molar-refractivity contribution in [2.24, 2.45) is 0 Å². The van der Waals surface area contributed by atoms with Crippen molar-refractivity contribution in [3.8, 4) is 16.9 Å². The van der Waals surface area contributed by atoms with Crippen LogP contribution in [0.15, 0.2) is 77.9 Å². The highest BCUT2D eigenvalue weighted by Gasteiger charge is 2.25. The quantitative estimate of drug-likeness (QED) is 0.543. The molecule has 1 N–H and O–H groups in total. The number of hydrogen-bond acceptors (Lipinski definition) is 5. The summed E-state index contributed by atoms with van der Waals surface area (Å²) < 4.78 is 8.03. The van der Waals surface area contributed by atoms with Gasteiger partial charge >= 0.3 is 5.97 Å². The van der Waals surface area contributed by atoms with E-state index >= 15 is 0 Å². The van der Waals surface area contributed by atoms with Crippen LogP contribution in [0.4, 0.5) is 5.69 Å². The molecule has 140 valence electrons. The molecule has 0 aliphatic carbocycles. The number of fused-ring (bicyclic) bond motifs is 1. The number of anilines is 1. The van der Waals surface area contributed by atoms with Crippen LogP contribution in [0.25, 0.3) is 16.9 Å². The molecule has 0 radical (unpaired) electrons. The first-order valence-corrected chi connectivity index (χ1v) is 8.87. The number of para-hydroxylation sites is 2. The normalized spacial score (nSPS) is 10.8. The van der Waals surface area contributed by atoms with E-state index in [1.807, 2.05) is 48.5 Å². The Morgan fingerprint density at radius 3 is 2.39 bits per heavy atom. The lowest BCUT2D eigenvalue weighted by Crippen LogP contribution is -2.18. The Labute approximate surface area is 161 Å². The Morgan fingerprint density at radius 1 is 1.04 bits per heavy atom. The summed E-state index contributed by atoms with van der Waals surface area (Å²) in [6.45, 7) is 1.96. The van der Waals surface area contributed by atoms with E-state index in [-0.39, 0.29) is 17.7 Å². The molecule has 28 heavy (non-hydrogen) atoms. The summed E-state index contributed by atoms with van der Waals surface area (Å²) >= 11 is 0. The summed E-state index contributed by atoms with van der Waals surface area (Å²) in [6.07, 6.45) is 3.20. The average molecular weight is 374 g/mol. The minimum Gasteiger partial charge on any atom is -0.462 e.